The molecule has 1 rings (SSSR count). The zero-order valence-corrected chi connectivity index (χ0v) is 12.0. The lowest BCUT2D eigenvalue weighted by Gasteiger charge is -2.37. The molecule has 0 aromatic rings. The topological polar surface area (TPSA) is 64.6 Å². The Hall–Kier alpha value is -0.883. The van der Waals surface area contributed by atoms with Crippen LogP contribution < -0.4 is 5.32 Å². The Bertz CT molecular complexity index is 313. The summed E-state index contributed by atoms with van der Waals surface area (Å²) in [5.74, 6) is -0.612. The summed E-state index contributed by atoms with van der Waals surface area (Å²) in [6.07, 6.45) is -1.24. The van der Waals surface area contributed by atoms with Gasteiger partial charge < -0.3 is 14.5 Å². The molecule has 0 aliphatic carbocycles. The molecule has 1 aliphatic rings. The SMILES string of the molecule is CC(=O)OC1NC(=O)C1O[Si](C)CC(C)(C)C. The van der Waals surface area contributed by atoms with Gasteiger partial charge in [-0.25, -0.2) is 0 Å². The molecule has 0 bridgehead atoms. The minimum atomic E-state index is -1.06. The molecule has 0 aromatic heterocycles. The van der Waals surface area contributed by atoms with E-state index >= 15 is 0 Å². The fourth-order valence-electron chi connectivity index (χ4n) is 1.73. The van der Waals surface area contributed by atoms with E-state index in [1.165, 1.54) is 6.92 Å². The second-order valence-corrected chi connectivity index (χ2v) is 7.51. The molecule has 0 aromatic carbocycles. The molecule has 1 amide bonds. The van der Waals surface area contributed by atoms with Gasteiger partial charge in [-0.1, -0.05) is 20.8 Å². The maximum Gasteiger partial charge on any atom is 0.304 e. The standard InChI is InChI=1S/C11H20NO4Si/c1-7(13)15-10-8(9(14)12-10)16-17(5)6-11(2,3)4/h8,10H,6H2,1-5H3,(H,12,14). The first-order valence-electron chi connectivity index (χ1n) is 5.66. The van der Waals surface area contributed by atoms with Crippen LogP contribution in [0.5, 0.6) is 0 Å². The number of carbonyl (C=O) groups is 2. The van der Waals surface area contributed by atoms with Gasteiger partial charge in [-0.15, -0.1) is 0 Å². The molecule has 0 spiro atoms. The Morgan fingerprint density at radius 2 is 2.06 bits per heavy atom. The molecular formula is C11H20NO4Si. The lowest BCUT2D eigenvalue weighted by molar-refractivity contribution is -0.173. The van der Waals surface area contributed by atoms with Crippen molar-refractivity contribution in [2.75, 3.05) is 0 Å². The lowest BCUT2D eigenvalue weighted by Crippen LogP contribution is -2.66. The van der Waals surface area contributed by atoms with Gasteiger partial charge >= 0.3 is 5.97 Å². The first-order valence-corrected chi connectivity index (χ1v) is 7.77. The number of rotatable bonds is 4. The number of ether oxygens (including phenoxy) is 1. The number of carbonyl (C=O) groups excluding carboxylic acids is 2. The third-order valence-corrected chi connectivity index (χ3v) is 4.43. The van der Waals surface area contributed by atoms with Crippen molar-refractivity contribution in [2.24, 2.45) is 5.41 Å². The minimum absolute atomic E-state index is 0.181. The third kappa shape index (κ3) is 4.47. The molecule has 1 fully saturated rings. The van der Waals surface area contributed by atoms with Crippen molar-refractivity contribution in [1.82, 2.24) is 5.32 Å². The highest BCUT2D eigenvalue weighted by Crippen LogP contribution is 2.24. The van der Waals surface area contributed by atoms with Gasteiger partial charge in [0.05, 0.1) is 0 Å². The van der Waals surface area contributed by atoms with Crippen LogP contribution in [0.1, 0.15) is 27.7 Å². The van der Waals surface area contributed by atoms with Gasteiger partial charge in [0, 0.05) is 6.92 Å². The van der Waals surface area contributed by atoms with Crippen LogP contribution in [-0.4, -0.2) is 33.2 Å². The van der Waals surface area contributed by atoms with Crippen LogP contribution in [0.4, 0.5) is 0 Å². The van der Waals surface area contributed by atoms with Crippen LogP contribution in [0.25, 0.3) is 0 Å². The molecule has 1 radical (unpaired) electrons. The van der Waals surface area contributed by atoms with E-state index < -0.39 is 27.3 Å². The van der Waals surface area contributed by atoms with Crippen LogP contribution in [0, 0.1) is 5.41 Å². The first-order chi connectivity index (χ1) is 7.69. The van der Waals surface area contributed by atoms with E-state index in [2.05, 4.69) is 26.1 Å². The molecule has 5 nitrogen and oxygen atoms in total. The van der Waals surface area contributed by atoms with E-state index in [0.717, 1.165) is 6.04 Å². The summed E-state index contributed by atoms with van der Waals surface area (Å²) < 4.78 is 10.6. The van der Waals surface area contributed by atoms with Crippen LogP contribution in [0.2, 0.25) is 12.6 Å². The largest absolute Gasteiger partial charge is 0.438 e. The highest BCUT2D eigenvalue weighted by molar-refractivity contribution is 6.50. The molecule has 1 N–H and O–H groups in total. The molecular weight excluding hydrogens is 238 g/mol. The fourth-order valence-corrected chi connectivity index (χ4v) is 3.97. The molecule has 17 heavy (non-hydrogen) atoms. The van der Waals surface area contributed by atoms with Gasteiger partial charge in [-0.05, 0) is 18.0 Å². The number of nitrogens with one attached hydrogen (secondary N) is 1. The highest BCUT2D eigenvalue weighted by atomic mass is 28.3. The number of esters is 1. The smallest absolute Gasteiger partial charge is 0.304 e. The molecule has 0 saturated carbocycles. The Labute approximate surface area is 104 Å². The predicted octanol–water partition coefficient (Wildman–Crippen LogP) is 1.06. The van der Waals surface area contributed by atoms with Crippen molar-refractivity contribution in [3.05, 3.63) is 0 Å². The van der Waals surface area contributed by atoms with Crippen LogP contribution >= 0.6 is 0 Å². The van der Waals surface area contributed by atoms with Gasteiger partial charge in [-0.3, -0.25) is 9.59 Å². The summed E-state index contributed by atoms with van der Waals surface area (Å²) in [5, 5.41) is 2.50. The van der Waals surface area contributed by atoms with Crippen molar-refractivity contribution >= 4 is 20.9 Å². The molecule has 6 heteroatoms. The van der Waals surface area contributed by atoms with Gasteiger partial charge in [0.25, 0.3) is 5.91 Å². The van der Waals surface area contributed by atoms with Crippen LogP contribution in [-0.2, 0) is 18.8 Å². The molecule has 1 aliphatic heterocycles. The monoisotopic (exact) mass is 258 g/mol. The van der Waals surface area contributed by atoms with E-state index in [9.17, 15) is 9.59 Å². The summed E-state index contributed by atoms with van der Waals surface area (Å²) in [6, 6.07) is 0.939. The Kier molecular flexibility index (Phi) is 4.32. The molecule has 97 valence electrons. The van der Waals surface area contributed by atoms with Crippen LogP contribution in [0.3, 0.4) is 0 Å². The Morgan fingerprint density at radius 1 is 1.47 bits per heavy atom. The average Bonchev–Trinajstić information content (AvgIpc) is 2.10. The summed E-state index contributed by atoms with van der Waals surface area (Å²) in [6.45, 7) is 9.74. The fraction of sp³-hybridized carbons (Fsp3) is 0.818. The van der Waals surface area contributed by atoms with Gasteiger partial charge in [-0.2, -0.15) is 0 Å². The minimum Gasteiger partial charge on any atom is -0.438 e. The zero-order chi connectivity index (χ0) is 13.2. The van der Waals surface area contributed by atoms with Crippen molar-refractivity contribution in [3.63, 3.8) is 0 Å². The zero-order valence-electron chi connectivity index (χ0n) is 11.0. The van der Waals surface area contributed by atoms with Crippen molar-refractivity contribution in [3.8, 4) is 0 Å². The second-order valence-electron chi connectivity index (χ2n) is 5.52. The summed E-state index contributed by atoms with van der Waals surface area (Å²) >= 11 is 0. The van der Waals surface area contributed by atoms with Gasteiger partial charge in [0.2, 0.25) is 15.3 Å². The molecule has 2 atom stereocenters. The van der Waals surface area contributed by atoms with E-state index in [1.807, 2.05) is 6.55 Å². The third-order valence-electron chi connectivity index (χ3n) is 2.22. The average molecular weight is 258 g/mol. The normalized spacial score (nSPS) is 24.2. The van der Waals surface area contributed by atoms with E-state index in [4.69, 9.17) is 9.16 Å². The second kappa shape index (κ2) is 5.18. The van der Waals surface area contributed by atoms with E-state index in [1.54, 1.807) is 0 Å². The number of hydrogen-bond acceptors (Lipinski definition) is 4. The molecule has 1 heterocycles. The van der Waals surface area contributed by atoms with Gasteiger partial charge in [0.15, 0.2) is 6.10 Å². The van der Waals surface area contributed by atoms with Gasteiger partial charge in [0.1, 0.15) is 0 Å². The van der Waals surface area contributed by atoms with E-state index in [0.29, 0.717) is 0 Å². The Balaban J connectivity index is 2.44. The number of hydrogen-bond donors (Lipinski definition) is 1. The van der Waals surface area contributed by atoms with Crippen molar-refractivity contribution < 1.29 is 18.8 Å². The maximum atomic E-state index is 11.3. The highest BCUT2D eigenvalue weighted by Gasteiger charge is 2.44. The van der Waals surface area contributed by atoms with Crippen LogP contribution in [0.15, 0.2) is 0 Å². The van der Waals surface area contributed by atoms with E-state index in [-0.39, 0.29) is 11.3 Å². The lowest BCUT2D eigenvalue weighted by atomic mass is 10.0. The number of β-lactam (4-membered cyclic amide) rings is 1. The number of amides is 1. The molecule has 1 saturated heterocycles. The maximum absolute atomic E-state index is 11.3. The summed E-state index contributed by atoms with van der Waals surface area (Å²) in [4.78, 5) is 22.1. The van der Waals surface area contributed by atoms with Crippen molar-refractivity contribution in [1.29, 1.82) is 0 Å². The van der Waals surface area contributed by atoms with Crippen molar-refractivity contribution in [2.45, 2.75) is 52.6 Å². The predicted molar refractivity (Wildman–Crippen MR) is 64.4 cm³/mol. The Morgan fingerprint density at radius 3 is 2.47 bits per heavy atom. The first kappa shape index (κ1) is 14.2. The summed E-state index contributed by atoms with van der Waals surface area (Å²) in [7, 11) is -1.06. The quantitative estimate of drug-likeness (QED) is 0.465. The molecule has 2 unspecified atom stereocenters. The summed E-state index contributed by atoms with van der Waals surface area (Å²) in [5.41, 5.74) is 0.181.